The lowest BCUT2D eigenvalue weighted by atomic mass is 9.84. The summed E-state index contributed by atoms with van der Waals surface area (Å²) in [7, 11) is -3.72. The normalized spacial score (nSPS) is 18.5. The highest BCUT2D eigenvalue weighted by Gasteiger charge is 2.19. The van der Waals surface area contributed by atoms with E-state index in [-0.39, 0.29) is 0 Å². The summed E-state index contributed by atoms with van der Waals surface area (Å²) >= 11 is 0. The molecule has 0 heterocycles. The molecule has 0 aliphatic heterocycles. The second-order valence-corrected chi connectivity index (χ2v) is 6.85. The van der Waals surface area contributed by atoms with Gasteiger partial charge in [0.15, 0.2) is 0 Å². The van der Waals surface area contributed by atoms with Crippen LogP contribution in [-0.4, -0.2) is 14.5 Å². The molecule has 5 nitrogen and oxygen atoms in total. The Bertz CT molecular complexity index is 539. The molecule has 1 fully saturated rings. The maximum atomic E-state index is 11.0. The Labute approximate surface area is 121 Å². The molecular weight excluding hydrogens is 274 g/mol. The fourth-order valence-electron chi connectivity index (χ4n) is 2.85. The highest BCUT2D eigenvalue weighted by Crippen LogP contribution is 2.28. The van der Waals surface area contributed by atoms with E-state index in [2.05, 4.69) is 17.0 Å². The van der Waals surface area contributed by atoms with Crippen molar-refractivity contribution >= 4 is 21.6 Å². The fraction of sp³-hybridized carbons (Fsp3) is 0.571. The van der Waals surface area contributed by atoms with Crippen LogP contribution in [0.1, 0.15) is 39.0 Å². The summed E-state index contributed by atoms with van der Waals surface area (Å²) in [5.41, 5.74) is 1.39. The summed E-state index contributed by atoms with van der Waals surface area (Å²) in [6.07, 6.45) is 6.50. The van der Waals surface area contributed by atoms with Crippen molar-refractivity contribution in [1.29, 1.82) is 0 Å². The molecule has 6 heteroatoms. The van der Waals surface area contributed by atoms with Crippen LogP contribution in [-0.2, 0) is 10.2 Å². The van der Waals surface area contributed by atoms with Gasteiger partial charge in [0.1, 0.15) is 0 Å². The van der Waals surface area contributed by atoms with E-state index in [0.717, 1.165) is 5.69 Å². The Morgan fingerprint density at radius 1 is 1.20 bits per heavy atom. The lowest BCUT2D eigenvalue weighted by Crippen LogP contribution is -2.27. The van der Waals surface area contributed by atoms with Crippen LogP contribution in [0, 0.1) is 5.92 Å². The van der Waals surface area contributed by atoms with E-state index in [0.29, 0.717) is 17.6 Å². The quantitative estimate of drug-likeness (QED) is 0.781. The van der Waals surface area contributed by atoms with Crippen LogP contribution in [0.4, 0.5) is 11.4 Å². The van der Waals surface area contributed by atoms with Gasteiger partial charge in [0.25, 0.3) is 10.2 Å². The van der Waals surface area contributed by atoms with Gasteiger partial charge in [-0.05, 0) is 43.9 Å². The predicted molar refractivity (Wildman–Crippen MR) is 82.8 cm³/mol. The van der Waals surface area contributed by atoms with Gasteiger partial charge in [0.05, 0.1) is 5.69 Å². The molecule has 1 aromatic carbocycles. The lowest BCUT2D eigenvalue weighted by Gasteiger charge is -2.29. The van der Waals surface area contributed by atoms with Crippen molar-refractivity contribution in [3.63, 3.8) is 0 Å². The number of anilines is 2. The average Bonchev–Trinajstić information content (AvgIpc) is 2.38. The van der Waals surface area contributed by atoms with E-state index >= 15 is 0 Å². The zero-order chi connectivity index (χ0) is 14.6. The van der Waals surface area contributed by atoms with Gasteiger partial charge in [0, 0.05) is 11.7 Å². The third-order valence-corrected chi connectivity index (χ3v) is 4.39. The molecule has 0 saturated heterocycles. The lowest BCUT2D eigenvalue weighted by molar-refractivity contribution is 0.328. The van der Waals surface area contributed by atoms with Crippen LogP contribution < -0.4 is 15.2 Å². The van der Waals surface area contributed by atoms with E-state index in [1.54, 1.807) is 12.1 Å². The van der Waals surface area contributed by atoms with Crippen LogP contribution in [0.5, 0.6) is 0 Å². The first-order chi connectivity index (χ1) is 9.44. The van der Waals surface area contributed by atoms with Gasteiger partial charge >= 0.3 is 0 Å². The van der Waals surface area contributed by atoms with Crippen LogP contribution >= 0.6 is 0 Å². The van der Waals surface area contributed by atoms with Crippen molar-refractivity contribution in [1.82, 2.24) is 0 Å². The summed E-state index contributed by atoms with van der Waals surface area (Å²) in [5.74, 6) is 0.693. The zero-order valence-corrected chi connectivity index (χ0v) is 12.6. The number of nitrogens with one attached hydrogen (secondary N) is 2. The van der Waals surface area contributed by atoms with E-state index < -0.39 is 10.2 Å². The molecule has 0 amide bonds. The van der Waals surface area contributed by atoms with Crippen molar-refractivity contribution in [2.45, 2.75) is 45.1 Å². The van der Waals surface area contributed by atoms with Crippen LogP contribution in [0.15, 0.2) is 24.3 Å². The Morgan fingerprint density at radius 2 is 1.85 bits per heavy atom. The maximum Gasteiger partial charge on any atom is 0.296 e. The maximum absolute atomic E-state index is 11.0. The number of hydrogen-bond acceptors (Lipinski definition) is 3. The number of rotatable bonds is 5. The molecule has 20 heavy (non-hydrogen) atoms. The first kappa shape index (κ1) is 15.1. The van der Waals surface area contributed by atoms with E-state index in [4.69, 9.17) is 5.14 Å². The van der Waals surface area contributed by atoms with Gasteiger partial charge in [-0.15, -0.1) is 0 Å². The molecule has 2 rings (SSSR count). The molecule has 1 unspecified atom stereocenters. The zero-order valence-electron chi connectivity index (χ0n) is 11.8. The third-order valence-electron chi connectivity index (χ3n) is 3.87. The van der Waals surface area contributed by atoms with Gasteiger partial charge < -0.3 is 5.32 Å². The number of hydrogen-bond donors (Lipinski definition) is 3. The second kappa shape index (κ2) is 6.45. The van der Waals surface area contributed by atoms with Crippen molar-refractivity contribution < 1.29 is 8.42 Å². The van der Waals surface area contributed by atoms with Crippen molar-refractivity contribution in [2.24, 2.45) is 11.1 Å². The molecule has 0 radical (unpaired) electrons. The molecule has 0 bridgehead atoms. The first-order valence-electron chi connectivity index (χ1n) is 7.11. The van der Waals surface area contributed by atoms with Crippen molar-refractivity contribution in [2.75, 3.05) is 10.0 Å². The summed E-state index contributed by atoms with van der Waals surface area (Å²) < 4.78 is 24.3. The fourth-order valence-corrected chi connectivity index (χ4v) is 3.31. The Hall–Kier alpha value is -1.27. The van der Waals surface area contributed by atoms with E-state index in [1.165, 1.54) is 32.1 Å². The number of benzene rings is 1. The molecule has 1 aromatic rings. The highest BCUT2D eigenvalue weighted by molar-refractivity contribution is 7.90. The topological polar surface area (TPSA) is 84.2 Å². The molecule has 1 atom stereocenters. The minimum atomic E-state index is -3.72. The third kappa shape index (κ3) is 4.68. The first-order valence-corrected chi connectivity index (χ1v) is 8.66. The average molecular weight is 297 g/mol. The van der Waals surface area contributed by atoms with Crippen LogP contribution in [0.3, 0.4) is 0 Å². The van der Waals surface area contributed by atoms with Gasteiger partial charge in [-0.3, -0.25) is 4.72 Å². The summed E-state index contributed by atoms with van der Waals surface area (Å²) in [4.78, 5) is 0. The highest BCUT2D eigenvalue weighted by atomic mass is 32.2. The monoisotopic (exact) mass is 297 g/mol. The summed E-state index contributed by atoms with van der Waals surface area (Å²) in [6, 6.07) is 7.59. The SMILES string of the molecule is CC(Nc1cccc(NS(N)(=O)=O)c1)C1CCCCC1. The van der Waals surface area contributed by atoms with Gasteiger partial charge in [0.2, 0.25) is 0 Å². The molecule has 1 aliphatic rings. The minimum Gasteiger partial charge on any atom is -0.382 e. The summed E-state index contributed by atoms with van der Waals surface area (Å²) in [6.45, 7) is 2.19. The van der Waals surface area contributed by atoms with Crippen LogP contribution in [0.25, 0.3) is 0 Å². The Morgan fingerprint density at radius 3 is 2.50 bits per heavy atom. The molecule has 112 valence electrons. The van der Waals surface area contributed by atoms with Gasteiger partial charge in [-0.25, -0.2) is 5.14 Å². The second-order valence-electron chi connectivity index (χ2n) is 5.56. The van der Waals surface area contributed by atoms with E-state index in [9.17, 15) is 8.42 Å². The smallest absolute Gasteiger partial charge is 0.296 e. The van der Waals surface area contributed by atoms with Crippen LogP contribution in [0.2, 0.25) is 0 Å². The van der Waals surface area contributed by atoms with E-state index in [1.807, 2.05) is 12.1 Å². The van der Waals surface area contributed by atoms with Crippen molar-refractivity contribution in [3.8, 4) is 0 Å². The number of nitrogens with two attached hydrogens (primary N) is 1. The molecule has 0 spiro atoms. The Kier molecular flexibility index (Phi) is 4.88. The predicted octanol–water partition coefficient (Wildman–Crippen LogP) is 2.68. The molecule has 1 aliphatic carbocycles. The molecule has 0 aromatic heterocycles. The molecule has 1 saturated carbocycles. The standard InChI is InChI=1S/C14H23N3O2S/c1-11(12-6-3-2-4-7-12)16-13-8-5-9-14(10-13)17-20(15,18)19/h5,8-12,16-17H,2-4,6-7H2,1H3,(H2,15,18,19). The molecular formula is C14H23N3O2S. The Balaban J connectivity index is 2.00. The largest absolute Gasteiger partial charge is 0.382 e. The van der Waals surface area contributed by atoms with Gasteiger partial charge in [-0.2, -0.15) is 8.42 Å². The summed E-state index contributed by atoms with van der Waals surface area (Å²) in [5, 5.41) is 8.44. The minimum absolute atomic E-state index is 0.389. The van der Waals surface area contributed by atoms with Crippen molar-refractivity contribution in [3.05, 3.63) is 24.3 Å². The molecule has 4 N–H and O–H groups in total. The van der Waals surface area contributed by atoms with Gasteiger partial charge in [-0.1, -0.05) is 25.3 Å².